The number of aryl methyl sites for hydroxylation is 1. The third-order valence-corrected chi connectivity index (χ3v) is 4.52. The third-order valence-electron chi connectivity index (χ3n) is 4.52. The summed E-state index contributed by atoms with van der Waals surface area (Å²) in [7, 11) is 1.46. The first-order valence-electron chi connectivity index (χ1n) is 6.74. The first-order valence-corrected chi connectivity index (χ1v) is 6.74. The molecular formula is C16H19NO2. The predicted molar refractivity (Wildman–Crippen MR) is 75.3 cm³/mol. The Morgan fingerprint density at radius 1 is 1.37 bits per heavy atom. The second-order valence-electron chi connectivity index (χ2n) is 5.47. The van der Waals surface area contributed by atoms with Crippen LogP contribution in [0.25, 0.3) is 0 Å². The quantitative estimate of drug-likeness (QED) is 0.621. The fourth-order valence-corrected chi connectivity index (χ4v) is 3.28. The van der Waals surface area contributed by atoms with Gasteiger partial charge in [0.15, 0.2) is 0 Å². The smallest absolute Gasteiger partial charge is 0.328 e. The van der Waals surface area contributed by atoms with Gasteiger partial charge in [-0.05, 0) is 37.0 Å². The lowest BCUT2D eigenvalue weighted by atomic mass is 9.78. The van der Waals surface area contributed by atoms with E-state index in [1.165, 1.54) is 23.8 Å². The van der Waals surface area contributed by atoms with Crippen LogP contribution in [0.2, 0.25) is 0 Å². The van der Waals surface area contributed by atoms with E-state index in [0.717, 1.165) is 12.1 Å². The highest BCUT2D eigenvalue weighted by Crippen LogP contribution is 2.46. The van der Waals surface area contributed by atoms with Crippen molar-refractivity contribution < 1.29 is 9.53 Å². The summed E-state index contributed by atoms with van der Waals surface area (Å²) >= 11 is 0. The summed E-state index contributed by atoms with van der Waals surface area (Å²) in [6.07, 6.45) is 5.34. The minimum atomic E-state index is -0.238. The summed E-state index contributed by atoms with van der Waals surface area (Å²) in [6.45, 7) is 4.20. The van der Waals surface area contributed by atoms with Crippen LogP contribution in [-0.4, -0.2) is 19.1 Å². The number of hydrogen-bond acceptors (Lipinski definition) is 3. The standard InChI is InChI=1S/C16H19NO2/c1-9-7-8-13-11-5-4-6-12(11)15(16(18)19-3)17-14(13)10(9)2/h4-5,7-8,11-12,15,17H,6H2,1-3H3/t11-,12+,15-/m1/s1. The summed E-state index contributed by atoms with van der Waals surface area (Å²) < 4.78 is 4.95. The highest BCUT2D eigenvalue weighted by atomic mass is 16.5. The van der Waals surface area contributed by atoms with E-state index < -0.39 is 0 Å². The van der Waals surface area contributed by atoms with Gasteiger partial charge in [0.25, 0.3) is 0 Å². The Kier molecular flexibility index (Phi) is 2.85. The van der Waals surface area contributed by atoms with Gasteiger partial charge in [0.2, 0.25) is 0 Å². The van der Waals surface area contributed by atoms with E-state index >= 15 is 0 Å². The molecular weight excluding hydrogens is 238 g/mol. The van der Waals surface area contributed by atoms with Gasteiger partial charge in [0.05, 0.1) is 7.11 Å². The Labute approximate surface area is 113 Å². The molecule has 0 radical (unpaired) electrons. The molecule has 1 aromatic rings. The molecule has 100 valence electrons. The number of esters is 1. The van der Waals surface area contributed by atoms with E-state index in [4.69, 9.17) is 4.74 Å². The number of rotatable bonds is 1. The van der Waals surface area contributed by atoms with Gasteiger partial charge in [-0.3, -0.25) is 0 Å². The first kappa shape index (κ1) is 12.3. The molecule has 0 fully saturated rings. The average Bonchev–Trinajstić information content (AvgIpc) is 2.90. The second-order valence-corrected chi connectivity index (χ2v) is 5.47. The highest BCUT2D eigenvalue weighted by molar-refractivity contribution is 5.83. The molecule has 0 spiro atoms. The Morgan fingerprint density at radius 3 is 2.89 bits per heavy atom. The van der Waals surface area contributed by atoms with Crippen molar-refractivity contribution in [1.82, 2.24) is 0 Å². The van der Waals surface area contributed by atoms with Crippen molar-refractivity contribution in [1.29, 1.82) is 0 Å². The summed E-state index contributed by atoms with van der Waals surface area (Å²) in [4.78, 5) is 12.0. The van der Waals surface area contributed by atoms with Crippen LogP contribution in [-0.2, 0) is 9.53 Å². The van der Waals surface area contributed by atoms with Crippen molar-refractivity contribution in [2.24, 2.45) is 5.92 Å². The van der Waals surface area contributed by atoms with Crippen LogP contribution >= 0.6 is 0 Å². The molecule has 1 heterocycles. The van der Waals surface area contributed by atoms with Crippen LogP contribution in [0.4, 0.5) is 5.69 Å². The fourth-order valence-electron chi connectivity index (χ4n) is 3.28. The molecule has 1 N–H and O–H groups in total. The Bertz CT molecular complexity index is 562. The number of carbonyl (C=O) groups is 1. The van der Waals surface area contributed by atoms with Gasteiger partial charge in [0.1, 0.15) is 6.04 Å². The lowest BCUT2D eigenvalue weighted by Gasteiger charge is -2.36. The van der Waals surface area contributed by atoms with Crippen molar-refractivity contribution in [3.05, 3.63) is 41.0 Å². The van der Waals surface area contributed by atoms with Crippen molar-refractivity contribution in [3.8, 4) is 0 Å². The van der Waals surface area contributed by atoms with Crippen LogP contribution in [0, 0.1) is 19.8 Å². The summed E-state index contributed by atoms with van der Waals surface area (Å²) in [5.74, 6) is 0.451. The van der Waals surface area contributed by atoms with Crippen molar-refractivity contribution in [3.63, 3.8) is 0 Å². The number of carbonyl (C=O) groups excluding carboxylic acids is 1. The van der Waals surface area contributed by atoms with Gasteiger partial charge in [0, 0.05) is 17.5 Å². The monoisotopic (exact) mass is 257 g/mol. The largest absolute Gasteiger partial charge is 0.467 e. The van der Waals surface area contributed by atoms with Gasteiger partial charge >= 0.3 is 5.97 Å². The molecule has 3 heteroatoms. The molecule has 3 rings (SSSR count). The average molecular weight is 257 g/mol. The molecule has 1 aromatic carbocycles. The number of methoxy groups -OCH3 is 1. The molecule has 3 atom stereocenters. The number of anilines is 1. The summed E-state index contributed by atoms with van der Waals surface area (Å²) in [5, 5.41) is 3.41. The first-order chi connectivity index (χ1) is 9.13. The van der Waals surface area contributed by atoms with E-state index in [1.807, 2.05) is 0 Å². The molecule has 1 aliphatic heterocycles. The number of hydrogen-bond donors (Lipinski definition) is 1. The molecule has 0 amide bonds. The number of benzene rings is 1. The van der Waals surface area contributed by atoms with Gasteiger partial charge in [-0.1, -0.05) is 24.3 Å². The Balaban J connectivity index is 2.10. The minimum Gasteiger partial charge on any atom is -0.467 e. The van der Waals surface area contributed by atoms with Crippen molar-refractivity contribution in [2.75, 3.05) is 12.4 Å². The topological polar surface area (TPSA) is 38.3 Å². The molecule has 3 nitrogen and oxygen atoms in total. The van der Waals surface area contributed by atoms with Gasteiger partial charge in [-0.15, -0.1) is 0 Å². The van der Waals surface area contributed by atoms with Crippen LogP contribution in [0.5, 0.6) is 0 Å². The lowest BCUT2D eigenvalue weighted by molar-refractivity contribution is -0.142. The summed E-state index contributed by atoms with van der Waals surface area (Å²) in [5.41, 5.74) is 4.89. The van der Waals surface area contributed by atoms with Crippen LogP contribution in [0.1, 0.15) is 29.0 Å². The SMILES string of the molecule is COC(=O)[C@@H]1Nc2c(ccc(C)c2C)[C@@H]2C=CC[C@H]12. The number of nitrogens with one attached hydrogen (secondary N) is 1. The second kappa shape index (κ2) is 4.41. The lowest BCUT2D eigenvalue weighted by Crippen LogP contribution is -2.42. The zero-order valence-corrected chi connectivity index (χ0v) is 11.6. The predicted octanol–water partition coefficient (Wildman–Crippen LogP) is 2.93. The van der Waals surface area contributed by atoms with Crippen molar-refractivity contribution >= 4 is 11.7 Å². The molecule has 19 heavy (non-hydrogen) atoms. The normalized spacial score (nSPS) is 27.4. The van der Waals surface area contributed by atoms with Crippen molar-refractivity contribution in [2.45, 2.75) is 32.2 Å². The van der Waals surface area contributed by atoms with E-state index in [0.29, 0.717) is 5.92 Å². The van der Waals surface area contributed by atoms with E-state index in [1.54, 1.807) is 0 Å². The fraction of sp³-hybridized carbons (Fsp3) is 0.438. The van der Waals surface area contributed by atoms with E-state index in [2.05, 4.69) is 43.4 Å². The Hall–Kier alpha value is -1.77. The maximum Gasteiger partial charge on any atom is 0.328 e. The van der Waals surface area contributed by atoms with Crippen LogP contribution in [0.3, 0.4) is 0 Å². The molecule has 0 saturated heterocycles. The molecule has 0 saturated carbocycles. The molecule has 0 aromatic heterocycles. The third kappa shape index (κ3) is 1.76. The maximum absolute atomic E-state index is 12.0. The molecule has 0 bridgehead atoms. The van der Waals surface area contributed by atoms with Gasteiger partial charge in [-0.2, -0.15) is 0 Å². The molecule has 0 unspecified atom stereocenters. The molecule has 1 aliphatic carbocycles. The maximum atomic E-state index is 12.0. The van der Waals surface area contributed by atoms with Gasteiger partial charge in [-0.25, -0.2) is 4.79 Å². The molecule has 2 aliphatic rings. The number of fused-ring (bicyclic) bond motifs is 3. The highest BCUT2D eigenvalue weighted by Gasteiger charge is 2.41. The van der Waals surface area contributed by atoms with E-state index in [-0.39, 0.29) is 17.9 Å². The van der Waals surface area contributed by atoms with Gasteiger partial charge < -0.3 is 10.1 Å². The minimum absolute atomic E-state index is 0.162. The number of ether oxygens (including phenoxy) is 1. The zero-order chi connectivity index (χ0) is 13.6. The Morgan fingerprint density at radius 2 is 2.16 bits per heavy atom. The van der Waals surface area contributed by atoms with Crippen LogP contribution in [0.15, 0.2) is 24.3 Å². The zero-order valence-electron chi connectivity index (χ0n) is 11.6. The number of allylic oxidation sites excluding steroid dienone is 2. The van der Waals surface area contributed by atoms with E-state index in [9.17, 15) is 4.79 Å². The summed E-state index contributed by atoms with van der Waals surface area (Å²) in [6, 6.07) is 4.11. The van der Waals surface area contributed by atoms with Crippen LogP contribution < -0.4 is 5.32 Å².